The summed E-state index contributed by atoms with van der Waals surface area (Å²) in [5.41, 5.74) is 1.05. The minimum atomic E-state index is -0.241. The summed E-state index contributed by atoms with van der Waals surface area (Å²) in [7, 11) is 0. The molecule has 1 saturated heterocycles. The van der Waals surface area contributed by atoms with Gasteiger partial charge in [0.1, 0.15) is 16.5 Å². The molecule has 2 heterocycles. The Morgan fingerprint density at radius 3 is 2.77 bits per heavy atom. The van der Waals surface area contributed by atoms with E-state index < -0.39 is 0 Å². The highest BCUT2D eigenvalue weighted by atomic mass is 32.1. The lowest BCUT2D eigenvalue weighted by Gasteiger charge is -2.25. The zero-order valence-electron chi connectivity index (χ0n) is 12.0. The fraction of sp³-hybridized carbons (Fsp3) is 0.333. The van der Waals surface area contributed by atoms with Crippen LogP contribution in [0, 0.1) is 0 Å². The van der Waals surface area contributed by atoms with Crippen molar-refractivity contribution in [3.8, 4) is 5.75 Å². The van der Waals surface area contributed by atoms with Gasteiger partial charge in [-0.25, -0.2) is 4.98 Å². The topological polar surface area (TPSA) is 74.7 Å². The van der Waals surface area contributed by atoms with Gasteiger partial charge >= 0.3 is 0 Å². The number of rotatable bonds is 4. The monoisotopic (exact) mass is 319 g/mol. The Kier molecular flexibility index (Phi) is 4.67. The molecule has 6 nitrogen and oxygen atoms in total. The number of phenolic OH excluding ortho intramolecular Hbond substituents is 1. The van der Waals surface area contributed by atoms with Crippen LogP contribution in [0.4, 0.5) is 5.69 Å². The van der Waals surface area contributed by atoms with Gasteiger partial charge in [-0.15, -0.1) is 11.3 Å². The number of aromatic nitrogens is 1. The molecule has 0 atom stereocenters. The summed E-state index contributed by atoms with van der Waals surface area (Å²) in [6.07, 6.45) is 0. The van der Waals surface area contributed by atoms with Crippen LogP contribution < -0.4 is 5.32 Å². The van der Waals surface area contributed by atoms with E-state index in [9.17, 15) is 9.90 Å². The number of hydrogen-bond donors (Lipinski definition) is 2. The fourth-order valence-electron chi connectivity index (χ4n) is 2.18. The van der Waals surface area contributed by atoms with Gasteiger partial charge in [-0.05, 0) is 24.3 Å². The van der Waals surface area contributed by atoms with Crippen LogP contribution >= 0.6 is 11.3 Å². The smallest absolute Gasteiger partial charge is 0.275 e. The van der Waals surface area contributed by atoms with Gasteiger partial charge in [0.2, 0.25) is 0 Å². The van der Waals surface area contributed by atoms with Crippen molar-refractivity contribution < 1.29 is 14.6 Å². The van der Waals surface area contributed by atoms with E-state index >= 15 is 0 Å². The Hall–Kier alpha value is -1.96. The van der Waals surface area contributed by atoms with Gasteiger partial charge < -0.3 is 15.2 Å². The largest absolute Gasteiger partial charge is 0.508 e. The molecule has 1 fully saturated rings. The lowest BCUT2D eigenvalue weighted by Crippen LogP contribution is -2.35. The van der Waals surface area contributed by atoms with E-state index in [4.69, 9.17) is 4.74 Å². The molecule has 1 aliphatic rings. The van der Waals surface area contributed by atoms with E-state index in [-0.39, 0.29) is 11.7 Å². The van der Waals surface area contributed by atoms with Crippen LogP contribution in [-0.2, 0) is 11.3 Å². The molecule has 1 amide bonds. The number of carbonyl (C=O) groups is 1. The van der Waals surface area contributed by atoms with E-state index in [0.29, 0.717) is 11.4 Å². The number of amides is 1. The predicted molar refractivity (Wildman–Crippen MR) is 84.3 cm³/mol. The Balaban J connectivity index is 1.60. The van der Waals surface area contributed by atoms with E-state index in [2.05, 4.69) is 15.2 Å². The second kappa shape index (κ2) is 6.87. The van der Waals surface area contributed by atoms with Crippen LogP contribution in [-0.4, -0.2) is 47.2 Å². The molecule has 1 aromatic heterocycles. The first kappa shape index (κ1) is 15.0. The van der Waals surface area contributed by atoms with Crippen LogP contribution in [0.25, 0.3) is 0 Å². The van der Waals surface area contributed by atoms with Crippen LogP contribution in [0.3, 0.4) is 0 Å². The summed E-state index contributed by atoms with van der Waals surface area (Å²) >= 11 is 1.49. The number of aromatic hydroxyl groups is 1. The van der Waals surface area contributed by atoms with Crippen molar-refractivity contribution in [1.29, 1.82) is 0 Å². The summed E-state index contributed by atoms with van der Waals surface area (Å²) in [6.45, 7) is 4.04. The van der Waals surface area contributed by atoms with Gasteiger partial charge in [0.05, 0.1) is 19.8 Å². The van der Waals surface area contributed by atoms with Gasteiger partial charge in [0.15, 0.2) is 0 Å². The fourth-order valence-corrected chi connectivity index (χ4v) is 2.99. The number of thiazole rings is 1. The van der Waals surface area contributed by atoms with Crippen molar-refractivity contribution in [3.05, 3.63) is 40.3 Å². The molecule has 0 bridgehead atoms. The maximum Gasteiger partial charge on any atom is 0.275 e. The molecule has 1 aliphatic heterocycles. The van der Waals surface area contributed by atoms with Gasteiger partial charge in [0.25, 0.3) is 5.91 Å². The molecular weight excluding hydrogens is 302 g/mol. The van der Waals surface area contributed by atoms with Crippen molar-refractivity contribution >= 4 is 22.9 Å². The molecule has 2 N–H and O–H groups in total. The first-order valence-electron chi connectivity index (χ1n) is 7.05. The third kappa shape index (κ3) is 3.82. The van der Waals surface area contributed by atoms with Crippen molar-refractivity contribution in [1.82, 2.24) is 9.88 Å². The average molecular weight is 319 g/mol. The minimum absolute atomic E-state index is 0.166. The number of phenols is 1. The average Bonchev–Trinajstić information content (AvgIpc) is 2.99. The molecule has 0 spiro atoms. The third-order valence-electron chi connectivity index (χ3n) is 3.37. The number of carbonyl (C=O) groups excluding carboxylic acids is 1. The quantitative estimate of drug-likeness (QED) is 0.842. The SMILES string of the molecule is O=C(Nc1ccc(O)cc1)c1csc(CN2CCOCC2)n1. The van der Waals surface area contributed by atoms with E-state index in [1.165, 1.54) is 23.5 Å². The summed E-state index contributed by atoms with van der Waals surface area (Å²) in [5.74, 6) is -0.0744. The van der Waals surface area contributed by atoms with E-state index in [1.807, 2.05) is 0 Å². The van der Waals surface area contributed by atoms with Crippen molar-refractivity contribution in [2.45, 2.75) is 6.54 Å². The Morgan fingerprint density at radius 1 is 1.32 bits per heavy atom. The number of benzene rings is 1. The maximum absolute atomic E-state index is 12.1. The highest BCUT2D eigenvalue weighted by Gasteiger charge is 2.15. The molecule has 0 unspecified atom stereocenters. The van der Waals surface area contributed by atoms with Gasteiger partial charge in [-0.3, -0.25) is 9.69 Å². The molecule has 116 valence electrons. The van der Waals surface area contributed by atoms with Crippen LogP contribution in [0.2, 0.25) is 0 Å². The second-order valence-corrected chi connectivity index (χ2v) is 5.96. The highest BCUT2D eigenvalue weighted by Crippen LogP contribution is 2.17. The van der Waals surface area contributed by atoms with Crippen LogP contribution in [0.1, 0.15) is 15.5 Å². The minimum Gasteiger partial charge on any atom is -0.508 e. The van der Waals surface area contributed by atoms with Crippen molar-refractivity contribution in [2.75, 3.05) is 31.6 Å². The second-order valence-electron chi connectivity index (χ2n) is 5.02. The summed E-state index contributed by atoms with van der Waals surface area (Å²) in [6, 6.07) is 6.35. The first-order chi connectivity index (χ1) is 10.7. The Morgan fingerprint density at radius 2 is 2.05 bits per heavy atom. The van der Waals surface area contributed by atoms with Gasteiger partial charge in [-0.2, -0.15) is 0 Å². The molecule has 0 radical (unpaired) electrons. The normalized spacial score (nSPS) is 15.6. The van der Waals surface area contributed by atoms with Crippen LogP contribution in [0.15, 0.2) is 29.6 Å². The zero-order chi connectivity index (χ0) is 15.4. The molecule has 0 saturated carbocycles. The summed E-state index contributed by atoms with van der Waals surface area (Å²) in [4.78, 5) is 18.8. The molecule has 22 heavy (non-hydrogen) atoms. The number of nitrogens with zero attached hydrogens (tertiary/aromatic N) is 2. The van der Waals surface area contributed by atoms with E-state index in [1.54, 1.807) is 17.5 Å². The molecule has 3 rings (SSSR count). The maximum atomic E-state index is 12.1. The first-order valence-corrected chi connectivity index (χ1v) is 7.93. The molecule has 1 aromatic carbocycles. The lowest BCUT2D eigenvalue weighted by molar-refractivity contribution is 0.0341. The summed E-state index contributed by atoms with van der Waals surface area (Å²) in [5, 5.41) is 14.7. The lowest BCUT2D eigenvalue weighted by atomic mass is 10.3. The number of nitrogens with one attached hydrogen (secondary N) is 1. The van der Waals surface area contributed by atoms with Crippen molar-refractivity contribution in [2.24, 2.45) is 0 Å². The number of anilines is 1. The van der Waals surface area contributed by atoms with Crippen LogP contribution in [0.5, 0.6) is 5.75 Å². The predicted octanol–water partition coefficient (Wildman–Crippen LogP) is 1.93. The number of ether oxygens (including phenoxy) is 1. The molecule has 0 aliphatic carbocycles. The third-order valence-corrected chi connectivity index (χ3v) is 4.21. The van der Waals surface area contributed by atoms with E-state index in [0.717, 1.165) is 37.9 Å². The number of hydrogen-bond acceptors (Lipinski definition) is 6. The Labute approximate surface area is 132 Å². The molecule has 2 aromatic rings. The highest BCUT2D eigenvalue weighted by molar-refractivity contribution is 7.09. The van der Waals surface area contributed by atoms with Crippen molar-refractivity contribution in [3.63, 3.8) is 0 Å². The van der Waals surface area contributed by atoms with Gasteiger partial charge in [-0.1, -0.05) is 0 Å². The summed E-state index contributed by atoms with van der Waals surface area (Å²) < 4.78 is 5.32. The molecular formula is C15H17N3O3S. The Bertz CT molecular complexity index is 636. The molecule has 7 heteroatoms. The number of morpholine rings is 1. The van der Waals surface area contributed by atoms with Gasteiger partial charge in [0, 0.05) is 24.2 Å². The zero-order valence-corrected chi connectivity index (χ0v) is 12.8. The standard InChI is InChI=1S/C15H17N3O3S/c19-12-3-1-11(2-4-12)16-15(20)13-10-22-14(17-13)9-18-5-7-21-8-6-18/h1-4,10,19H,5-9H2,(H,16,20).